The summed E-state index contributed by atoms with van der Waals surface area (Å²) in [5, 5.41) is 18.7. The van der Waals surface area contributed by atoms with Gasteiger partial charge in [0.2, 0.25) is 5.91 Å². The number of aliphatic hydroxyl groups is 1. The molecule has 1 aliphatic carbocycles. The van der Waals surface area contributed by atoms with Crippen molar-refractivity contribution in [1.29, 1.82) is 0 Å². The SMILES string of the molecule is CC[C@@]1(O)C(=O)OCc2c1cc1n(c2=O)Cc2c-1nc1cc(F)c(C)c3c1c2[C@@H](NC(=O)[C@@H]1CSC(C)(C)N1)CC3. The molecule has 1 amide bonds. The molecule has 1 fully saturated rings. The predicted molar refractivity (Wildman–Crippen MR) is 152 cm³/mol. The molecule has 7 rings (SSSR count). The summed E-state index contributed by atoms with van der Waals surface area (Å²) in [5.41, 5.74) is 2.64. The van der Waals surface area contributed by atoms with Crippen LogP contribution in [0, 0.1) is 12.7 Å². The molecule has 2 aromatic heterocycles. The summed E-state index contributed by atoms with van der Waals surface area (Å²) in [5.74, 6) is -0.583. The molecule has 4 aliphatic rings. The second kappa shape index (κ2) is 8.86. The number of cyclic esters (lactones) is 1. The number of amides is 1. The number of nitrogens with one attached hydrogen (secondary N) is 2. The first-order valence-electron chi connectivity index (χ1n) is 14.0. The number of hydrogen-bond acceptors (Lipinski definition) is 8. The van der Waals surface area contributed by atoms with Crippen LogP contribution in [0.5, 0.6) is 0 Å². The van der Waals surface area contributed by atoms with E-state index >= 15 is 4.39 Å². The van der Waals surface area contributed by atoms with Crippen LogP contribution < -0.4 is 16.2 Å². The van der Waals surface area contributed by atoms with E-state index in [0.29, 0.717) is 41.1 Å². The number of benzene rings is 1. The van der Waals surface area contributed by atoms with Gasteiger partial charge < -0.3 is 19.7 Å². The van der Waals surface area contributed by atoms with E-state index in [2.05, 4.69) is 10.6 Å². The molecule has 0 radical (unpaired) electrons. The summed E-state index contributed by atoms with van der Waals surface area (Å²) in [7, 11) is 0. The molecule has 0 unspecified atom stereocenters. The van der Waals surface area contributed by atoms with Crippen LogP contribution >= 0.6 is 11.8 Å². The molecule has 1 aromatic carbocycles. The molecule has 3 N–H and O–H groups in total. The van der Waals surface area contributed by atoms with Gasteiger partial charge in [0.25, 0.3) is 5.56 Å². The highest BCUT2D eigenvalue weighted by Crippen LogP contribution is 2.46. The van der Waals surface area contributed by atoms with Gasteiger partial charge in [-0.3, -0.25) is 14.9 Å². The van der Waals surface area contributed by atoms with Crippen LogP contribution in [-0.4, -0.2) is 43.2 Å². The van der Waals surface area contributed by atoms with Crippen LogP contribution in [0.25, 0.3) is 22.3 Å². The van der Waals surface area contributed by atoms with Crippen molar-refractivity contribution in [1.82, 2.24) is 20.2 Å². The number of aryl methyl sites for hydroxylation is 1. The van der Waals surface area contributed by atoms with Crippen molar-refractivity contribution in [2.75, 3.05) is 5.75 Å². The van der Waals surface area contributed by atoms with Gasteiger partial charge in [-0.2, -0.15) is 0 Å². The minimum absolute atomic E-state index is 0.0389. The number of carbonyl (C=O) groups excluding carboxylic acids is 2. The maximum absolute atomic E-state index is 15.1. The summed E-state index contributed by atoms with van der Waals surface area (Å²) >= 11 is 1.70. The Kier molecular flexibility index (Phi) is 5.75. The molecule has 11 heteroatoms. The van der Waals surface area contributed by atoms with Crippen molar-refractivity contribution in [3.63, 3.8) is 0 Å². The number of thioether (sulfide) groups is 1. The largest absolute Gasteiger partial charge is 0.458 e. The van der Waals surface area contributed by atoms with Crippen LogP contribution in [0.15, 0.2) is 16.9 Å². The number of hydrogen-bond donors (Lipinski definition) is 3. The van der Waals surface area contributed by atoms with E-state index in [1.165, 1.54) is 6.07 Å². The molecule has 9 nitrogen and oxygen atoms in total. The van der Waals surface area contributed by atoms with E-state index < -0.39 is 11.6 Å². The fourth-order valence-corrected chi connectivity index (χ4v) is 7.95. The monoisotopic (exact) mass is 578 g/mol. The van der Waals surface area contributed by atoms with Crippen molar-refractivity contribution >= 4 is 34.5 Å². The fraction of sp³-hybridized carbons (Fsp3) is 0.467. The van der Waals surface area contributed by atoms with E-state index in [9.17, 15) is 19.5 Å². The summed E-state index contributed by atoms with van der Waals surface area (Å²) in [6.45, 7) is 7.50. The van der Waals surface area contributed by atoms with Crippen molar-refractivity contribution < 1.29 is 23.8 Å². The molecule has 5 heterocycles. The van der Waals surface area contributed by atoms with Crippen LogP contribution in [0.1, 0.15) is 73.0 Å². The van der Waals surface area contributed by atoms with Gasteiger partial charge in [0.15, 0.2) is 5.60 Å². The summed E-state index contributed by atoms with van der Waals surface area (Å²) in [6, 6.07) is 2.37. The normalized spacial score (nSPS) is 25.5. The first-order valence-corrected chi connectivity index (χ1v) is 15.0. The fourth-order valence-electron chi connectivity index (χ4n) is 6.91. The zero-order valence-corrected chi connectivity index (χ0v) is 24.1. The highest BCUT2D eigenvalue weighted by Gasteiger charge is 2.46. The van der Waals surface area contributed by atoms with Gasteiger partial charge in [-0.1, -0.05) is 6.92 Å². The molecule has 3 atom stereocenters. The van der Waals surface area contributed by atoms with E-state index in [4.69, 9.17) is 9.72 Å². The van der Waals surface area contributed by atoms with E-state index in [1.807, 2.05) is 13.8 Å². The van der Waals surface area contributed by atoms with E-state index in [0.717, 1.165) is 22.1 Å². The number of nitrogens with zero attached hydrogens (tertiary/aromatic N) is 2. The van der Waals surface area contributed by atoms with E-state index in [1.54, 1.807) is 36.2 Å². The van der Waals surface area contributed by atoms with Crippen molar-refractivity contribution in [3.8, 4) is 11.4 Å². The minimum Gasteiger partial charge on any atom is -0.458 e. The second-order valence-corrected chi connectivity index (χ2v) is 13.6. The van der Waals surface area contributed by atoms with Crippen molar-refractivity contribution in [2.45, 2.75) is 82.7 Å². The molecular formula is C30H31FN4O5S. The Bertz CT molecular complexity index is 1770. The highest BCUT2D eigenvalue weighted by atomic mass is 32.2. The lowest BCUT2D eigenvalue weighted by molar-refractivity contribution is -0.172. The average molecular weight is 579 g/mol. The summed E-state index contributed by atoms with van der Waals surface area (Å²) in [4.78, 5) is 44.4. The van der Waals surface area contributed by atoms with Gasteiger partial charge in [0.1, 0.15) is 12.4 Å². The van der Waals surface area contributed by atoms with Crippen LogP contribution in [0.4, 0.5) is 4.39 Å². The summed E-state index contributed by atoms with van der Waals surface area (Å²) < 4.78 is 21.9. The smallest absolute Gasteiger partial charge is 0.343 e. The molecule has 0 bridgehead atoms. The van der Waals surface area contributed by atoms with Crippen molar-refractivity contribution in [3.05, 3.63) is 61.7 Å². The average Bonchev–Trinajstić information content (AvgIpc) is 3.50. The topological polar surface area (TPSA) is 123 Å². The lowest BCUT2D eigenvalue weighted by Crippen LogP contribution is -2.48. The molecule has 3 aliphatic heterocycles. The number of fused-ring (bicyclic) bond motifs is 5. The Morgan fingerprint density at radius 3 is 2.78 bits per heavy atom. The number of carbonyl (C=O) groups is 2. The molecule has 0 spiro atoms. The molecule has 0 saturated carbocycles. The Hall–Kier alpha value is -3.28. The maximum Gasteiger partial charge on any atom is 0.343 e. The Morgan fingerprint density at radius 1 is 1.29 bits per heavy atom. The quantitative estimate of drug-likeness (QED) is 0.317. The Labute approximate surface area is 239 Å². The van der Waals surface area contributed by atoms with Gasteiger partial charge in [-0.25, -0.2) is 14.2 Å². The van der Waals surface area contributed by atoms with Gasteiger partial charge in [-0.15, -0.1) is 11.8 Å². The first-order chi connectivity index (χ1) is 19.4. The zero-order valence-electron chi connectivity index (χ0n) is 23.3. The van der Waals surface area contributed by atoms with Crippen LogP contribution in [-0.2, 0) is 39.5 Å². The molecule has 3 aromatic rings. The molecular weight excluding hydrogens is 547 g/mol. The number of rotatable bonds is 3. The number of esters is 1. The molecule has 214 valence electrons. The minimum atomic E-state index is -1.94. The van der Waals surface area contributed by atoms with Gasteiger partial charge in [0.05, 0.1) is 46.0 Å². The van der Waals surface area contributed by atoms with Gasteiger partial charge >= 0.3 is 5.97 Å². The highest BCUT2D eigenvalue weighted by molar-refractivity contribution is 8.00. The molecule has 41 heavy (non-hydrogen) atoms. The van der Waals surface area contributed by atoms with Gasteiger partial charge in [-0.05, 0) is 62.8 Å². The number of halogens is 1. The maximum atomic E-state index is 15.1. The van der Waals surface area contributed by atoms with Crippen molar-refractivity contribution in [2.24, 2.45) is 0 Å². The zero-order chi connectivity index (χ0) is 29.0. The van der Waals surface area contributed by atoms with Gasteiger partial charge in [0, 0.05) is 28.3 Å². The number of ether oxygens (including phenoxy) is 1. The third-order valence-corrected chi connectivity index (χ3v) is 10.5. The number of aromatic nitrogens is 2. The predicted octanol–water partition coefficient (Wildman–Crippen LogP) is 3.07. The third kappa shape index (κ3) is 3.74. The Balaban J connectivity index is 1.42. The molecule has 1 saturated heterocycles. The third-order valence-electron chi connectivity index (χ3n) is 9.14. The first kappa shape index (κ1) is 26.6. The van der Waals surface area contributed by atoms with Crippen LogP contribution in [0.3, 0.4) is 0 Å². The second-order valence-electron chi connectivity index (χ2n) is 11.9. The lowest BCUT2D eigenvalue weighted by Gasteiger charge is -2.31. The Morgan fingerprint density at radius 2 is 2.07 bits per heavy atom. The number of pyridine rings is 2. The van der Waals surface area contributed by atoms with Crippen LogP contribution in [0.2, 0.25) is 0 Å². The summed E-state index contributed by atoms with van der Waals surface area (Å²) in [6.07, 6.45) is 1.20. The van der Waals surface area contributed by atoms with E-state index in [-0.39, 0.29) is 64.9 Å². The standard InChI is InChI=1S/C30H31FN4O5S/c1-5-30(39)17-8-22-25-15(10-35(22)27(37)16(17)11-40-28(30)38)24-19(33-26(36)21-12-41-29(3,4)34-21)7-6-14-13(2)18(31)9-20(32-25)23(14)24/h8-9,19,21,34,39H,5-7,10-12H2,1-4H3,(H,33,36)/t19-,21-,30-/m0/s1. The lowest BCUT2D eigenvalue weighted by atomic mass is 9.81.